The molecule has 0 radical (unpaired) electrons. The number of carbonyl (C=O) groups excluding carboxylic acids is 2. The van der Waals surface area contributed by atoms with Gasteiger partial charge in [0.25, 0.3) is 0 Å². The fourth-order valence-electron chi connectivity index (χ4n) is 3.85. The van der Waals surface area contributed by atoms with Crippen LogP contribution in [0.5, 0.6) is 5.75 Å². The molecule has 1 atom stereocenters. The van der Waals surface area contributed by atoms with Crippen LogP contribution in [0.3, 0.4) is 0 Å². The first-order chi connectivity index (χ1) is 14.5. The number of nitrogens with one attached hydrogen (secondary N) is 1. The Balaban J connectivity index is 1.68. The molecule has 1 aliphatic heterocycles. The number of aromatic nitrogens is 3. The third-order valence-electron chi connectivity index (χ3n) is 5.26. The van der Waals surface area contributed by atoms with Crippen molar-refractivity contribution in [1.82, 2.24) is 19.7 Å². The van der Waals surface area contributed by atoms with Gasteiger partial charge in [0.05, 0.1) is 25.8 Å². The number of aromatic amines is 1. The number of rotatable bonds is 8. The predicted molar refractivity (Wildman–Crippen MR) is 110 cm³/mol. The van der Waals surface area contributed by atoms with Crippen LogP contribution in [0.4, 0.5) is 0 Å². The molecule has 1 saturated heterocycles. The van der Waals surface area contributed by atoms with E-state index < -0.39 is 0 Å². The van der Waals surface area contributed by atoms with Gasteiger partial charge in [-0.2, -0.15) is 5.10 Å². The molecule has 0 saturated carbocycles. The van der Waals surface area contributed by atoms with Gasteiger partial charge >= 0.3 is 11.7 Å². The second-order valence-corrected chi connectivity index (χ2v) is 7.31. The van der Waals surface area contributed by atoms with Gasteiger partial charge in [0.1, 0.15) is 11.6 Å². The Labute approximate surface area is 175 Å². The summed E-state index contributed by atoms with van der Waals surface area (Å²) in [6.07, 6.45) is 2.62. The smallest absolute Gasteiger partial charge is 0.348 e. The topological polar surface area (TPSA) is 107 Å². The number of hydrogen-bond acceptors (Lipinski definition) is 6. The van der Waals surface area contributed by atoms with Crippen molar-refractivity contribution in [2.75, 3.05) is 26.8 Å². The van der Waals surface area contributed by atoms with Crippen molar-refractivity contribution in [3.63, 3.8) is 0 Å². The number of benzene rings is 1. The Morgan fingerprint density at radius 3 is 2.83 bits per heavy atom. The highest BCUT2D eigenvalue weighted by atomic mass is 16.5. The zero-order chi connectivity index (χ0) is 21.5. The summed E-state index contributed by atoms with van der Waals surface area (Å²) in [5.41, 5.74) is 0.305. The van der Waals surface area contributed by atoms with Crippen molar-refractivity contribution in [2.24, 2.45) is 5.92 Å². The summed E-state index contributed by atoms with van der Waals surface area (Å²) in [6, 6.07) is 7.29. The van der Waals surface area contributed by atoms with Crippen molar-refractivity contribution < 1.29 is 19.1 Å². The third-order valence-corrected chi connectivity index (χ3v) is 5.26. The minimum absolute atomic E-state index is 0.0445. The number of methoxy groups -OCH3 is 1. The van der Waals surface area contributed by atoms with Gasteiger partial charge < -0.3 is 14.4 Å². The average molecular weight is 416 g/mol. The molecule has 0 unspecified atom stereocenters. The zero-order valence-electron chi connectivity index (χ0n) is 17.4. The molecular formula is C21H28N4O5. The van der Waals surface area contributed by atoms with E-state index in [1.54, 1.807) is 25.0 Å². The molecule has 0 bridgehead atoms. The van der Waals surface area contributed by atoms with Gasteiger partial charge in [-0.3, -0.25) is 9.59 Å². The number of ether oxygens (including phenoxy) is 2. The number of nitrogens with zero attached hydrogens (tertiary/aromatic N) is 3. The van der Waals surface area contributed by atoms with Gasteiger partial charge in [-0.25, -0.2) is 14.5 Å². The van der Waals surface area contributed by atoms with E-state index in [0.717, 1.165) is 12.8 Å². The maximum absolute atomic E-state index is 12.5. The predicted octanol–water partition coefficient (Wildman–Crippen LogP) is 1.69. The van der Waals surface area contributed by atoms with Gasteiger partial charge in [0, 0.05) is 25.9 Å². The standard InChI is InChI=1S/C21H28N4O5/c1-3-30-20(27)11-10-19(26)24-12-6-7-15(14-24)13-18-22-23-21(28)25(18)16-8-4-5-9-17(16)29-2/h4-5,8-9,15H,3,6-7,10-14H2,1-2H3,(H,23,28)/t15-/m0/s1. The second kappa shape index (κ2) is 10.1. The summed E-state index contributed by atoms with van der Waals surface area (Å²) in [6.45, 7) is 3.32. The number of carbonyl (C=O) groups is 2. The SMILES string of the molecule is CCOC(=O)CCC(=O)N1CCC[C@@H](Cc2n[nH]c(=O)n2-c2ccccc2OC)C1. The number of piperidine rings is 1. The van der Waals surface area contributed by atoms with Crippen LogP contribution in [0, 0.1) is 5.92 Å². The Kier molecular flexibility index (Phi) is 7.26. The van der Waals surface area contributed by atoms with Crippen molar-refractivity contribution >= 4 is 11.9 Å². The van der Waals surface area contributed by atoms with Gasteiger partial charge in [-0.05, 0) is 37.8 Å². The van der Waals surface area contributed by atoms with Crippen molar-refractivity contribution in [3.05, 3.63) is 40.6 Å². The molecule has 9 heteroatoms. The molecule has 162 valence electrons. The lowest BCUT2D eigenvalue weighted by Crippen LogP contribution is -2.41. The normalized spacial score (nSPS) is 16.3. The van der Waals surface area contributed by atoms with Gasteiger partial charge in [0.2, 0.25) is 5.91 Å². The molecule has 30 heavy (non-hydrogen) atoms. The Hall–Kier alpha value is -3.10. The van der Waals surface area contributed by atoms with E-state index in [1.807, 2.05) is 18.2 Å². The lowest BCUT2D eigenvalue weighted by molar-refractivity contribution is -0.146. The van der Waals surface area contributed by atoms with Crippen LogP contribution in [0.1, 0.15) is 38.4 Å². The lowest BCUT2D eigenvalue weighted by Gasteiger charge is -2.32. The molecule has 2 aromatic rings. The largest absolute Gasteiger partial charge is 0.495 e. The number of hydrogen-bond donors (Lipinski definition) is 1. The van der Waals surface area contributed by atoms with E-state index in [9.17, 15) is 14.4 Å². The van der Waals surface area contributed by atoms with Crippen LogP contribution in [-0.2, 0) is 20.7 Å². The monoisotopic (exact) mass is 416 g/mol. The number of esters is 1. The molecule has 0 spiro atoms. The van der Waals surface area contributed by atoms with Crippen LogP contribution in [-0.4, -0.2) is 58.3 Å². The molecule has 1 amide bonds. The zero-order valence-corrected chi connectivity index (χ0v) is 17.4. The second-order valence-electron chi connectivity index (χ2n) is 7.31. The third kappa shape index (κ3) is 5.08. The summed E-state index contributed by atoms with van der Waals surface area (Å²) in [7, 11) is 1.56. The fourth-order valence-corrected chi connectivity index (χ4v) is 3.85. The number of H-pyrrole nitrogens is 1. The molecule has 1 fully saturated rings. The first-order valence-corrected chi connectivity index (χ1v) is 10.3. The van der Waals surface area contributed by atoms with Gasteiger partial charge in [0.15, 0.2) is 0 Å². The maximum Gasteiger partial charge on any atom is 0.348 e. The summed E-state index contributed by atoms with van der Waals surface area (Å²) in [5.74, 6) is 0.972. The molecule has 1 aromatic heterocycles. The molecule has 1 aromatic carbocycles. The van der Waals surface area contributed by atoms with E-state index in [0.29, 0.717) is 43.4 Å². The molecule has 2 heterocycles. The summed E-state index contributed by atoms with van der Waals surface area (Å²) < 4.78 is 11.8. The summed E-state index contributed by atoms with van der Waals surface area (Å²) >= 11 is 0. The van der Waals surface area contributed by atoms with E-state index in [-0.39, 0.29) is 36.3 Å². The molecule has 1 aliphatic rings. The number of para-hydroxylation sites is 2. The first-order valence-electron chi connectivity index (χ1n) is 10.3. The summed E-state index contributed by atoms with van der Waals surface area (Å²) in [4.78, 5) is 38.2. The lowest BCUT2D eigenvalue weighted by atomic mass is 9.94. The molecule has 1 N–H and O–H groups in total. The van der Waals surface area contributed by atoms with Crippen molar-refractivity contribution in [3.8, 4) is 11.4 Å². The molecule has 3 rings (SSSR count). The van der Waals surface area contributed by atoms with E-state index in [1.165, 1.54) is 4.57 Å². The van der Waals surface area contributed by atoms with Crippen LogP contribution in [0.15, 0.2) is 29.1 Å². The van der Waals surface area contributed by atoms with Gasteiger partial charge in [-0.1, -0.05) is 12.1 Å². The van der Waals surface area contributed by atoms with Gasteiger partial charge in [-0.15, -0.1) is 0 Å². The fraction of sp³-hybridized carbons (Fsp3) is 0.524. The Bertz CT molecular complexity index is 935. The molecule has 9 nitrogen and oxygen atoms in total. The summed E-state index contributed by atoms with van der Waals surface area (Å²) in [5, 5.41) is 6.74. The molecular weight excluding hydrogens is 388 g/mol. The Morgan fingerprint density at radius 1 is 1.27 bits per heavy atom. The highest BCUT2D eigenvalue weighted by Crippen LogP contribution is 2.25. The van der Waals surface area contributed by atoms with Crippen LogP contribution in [0.25, 0.3) is 5.69 Å². The number of amides is 1. The average Bonchev–Trinajstić information content (AvgIpc) is 3.12. The highest BCUT2D eigenvalue weighted by molar-refractivity contribution is 5.81. The quantitative estimate of drug-likeness (QED) is 0.657. The Morgan fingerprint density at radius 2 is 2.07 bits per heavy atom. The van der Waals surface area contributed by atoms with Crippen molar-refractivity contribution in [2.45, 2.75) is 39.0 Å². The highest BCUT2D eigenvalue weighted by Gasteiger charge is 2.26. The molecule has 0 aliphatic carbocycles. The minimum Gasteiger partial charge on any atom is -0.495 e. The van der Waals surface area contributed by atoms with Crippen LogP contribution >= 0.6 is 0 Å². The minimum atomic E-state index is -0.350. The van der Waals surface area contributed by atoms with Crippen molar-refractivity contribution in [1.29, 1.82) is 0 Å². The van der Waals surface area contributed by atoms with Crippen LogP contribution < -0.4 is 10.4 Å². The van der Waals surface area contributed by atoms with E-state index >= 15 is 0 Å². The van der Waals surface area contributed by atoms with E-state index in [4.69, 9.17) is 9.47 Å². The maximum atomic E-state index is 12.5. The van der Waals surface area contributed by atoms with Crippen LogP contribution in [0.2, 0.25) is 0 Å². The van der Waals surface area contributed by atoms with E-state index in [2.05, 4.69) is 10.2 Å². The first kappa shape index (κ1) is 21.6. The number of likely N-dealkylation sites (tertiary alicyclic amines) is 1.